The fourth-order valence-corrected chi connectivity index (χ4v) is 11.7. The van der Waals surface area contributed by atoms with Gasteiger partial charge in [-0.25, -0.2) is 0 Å². The van der Waals surface area contributed by atoms with E-state index in [1.165, 1.54) is 77.0 Å². The molecule has 0 spiro atoms. The van der Waals surface area contributed by atoms with Crippen molar-refractivity contribution in [2.45, 2.75) is 144 Å². The summed E-state index contributed by atoms with van der Waals surface area (Å²) in [5.74, 6) is 7.63. The lowest BCUT2D eigenvalue weighted by Crippen LogP contribution is -2.54. The second kappa shape index (κ2) is 10.1. The zero-order chi connectivity index (χ0) is 24.9. The molecule has 4 rings (SSSR count). The zero-order valence-corrected chi connectivity index (χ0v) is 25.6. The van der Waals surface area contributed by atoms with Gasteiger partial charge in [0.2, 0.25) is 0 Å². The molecule has 2 heteroatoms. The van der Waals surface area contributed by atoms with Gasteiger partial charge in [0.25, 0.3) is 0 Å². The molecule has 0 heterocycles. The van der Waals surface area contributed by atoms with Crippen LogP contribution in [0, 0.1) is 58.2 Å². The van der Waals surface area contributed by atoms with E-state index < -0.39 is 8.32 Å². The summed E-state index contributed by atoms with van der Waals surface area (Å²) in [6.45, 7) is 22.5. The van der Waals surface area contributed by atoms with Gasteiger partial charge in [-0.05, 0) is 142 Å². The molecule has 4 fully saturated rings. The van der Waals surface area contributed by atoms with Gasteiger partial charge in [0.1, 0.15) is 0 Å². The second-order valence-electron chi connectivity index (χ2n) is 15.5. The minimum Gasteiger partial charge on any atom is -0.415 e. The molecule has 0 aromatic carbocycles. The fraction of sp³-hybridized carbons (Fsp3) is 1.00. The van der Waals surface area contributed by atoms with Gasteiger partial charge >= 0.3 is 0 Å². The maximum Gasteiger partial charge on any atom is 0.184 e. The van der Waals surface area contributed by atoms with Crippen molar-refractivity contribution in [2.75, 3.05) is 0 Å². The van der Waals surface area contributed by atoms with Crippen molar-refractivity contribution in [3.05, 3.63) is 0 Å². The van der Waals surface area contributed by atoms with E-state index >= 15 is 0 Å². The highest BCUT2D eigenvalue weighted by atomic mass is 28.4. The Hall–Kier alpha value is 0.177. The van der Waals surface area contributed by atoms with Crippen LogP contribution in [0.1, 0.15) is 119 Å². The molecule has 0 saturated heterocycles. The van der Waals surface area contributed by atoms with E-state index in [4.69, 9.17) is 4.43 Å². The quantitative estimate of drug-likeness (QED) is 0.309. The number of hydrogen-bond donors (Lipinski definition) is 0. The normalized spacial score (nSPS) is 44.3. The van der Waals surface area contributed by atoms with E-state index in [-0.39, 0.29) is 0 Å². The smallest absolute Gasteiger partial charge is 0.184 e. The summed E-state index contributed by atoms with van der Waals surface area (Å²) in [6.07, 6.45) is 18.1. The lowest BCUT2D eigenvalue weighted by molar-refractivity contribution is -0.127. The first-order chi connectivity index (χ1) is 15.9. The van der Waals surface area contributed by atoms with Crippen molar-refractivity contribution < 1.29 is 4.43 Å². The monoisotopic (exact) mass is 488 g/mol. The third-order valence-electron chi connectivity index (χ3n) is 12.4. The molecular weight excluding hydrogens is 428 g/mol. The van der Waals surface area contributed by atoms with Crippen LogP contribution in [0.3, 0.4) is 0 Å². The van der Waals surface area contributed by atoms with E-state index in [1.807, 2.05) is 0 Å². The van der Waals surface area contributed by atoms with Gasteiger partial charge in [-0.2, -0.15) is 0 Å². The van der Waals surface area contributed by atoms with Gasteiger partial charge in [-0.15, -0.1) is 0 Å². The SMILES string of the molecule is CC[C@H](CC[C@@H](C)[C@H]1CCC2C3CC[C@@H]4C[C@H](O[Si](C)(C)C)CC[C@]4(C)C3CC[C@@]21C)C(C)C. The van der Waals surface area contributed by atoms with E-state index in [9.17, 15) is 0 Å². The molecule has 1 nitrogen and oxygen atoms in total. The molecule has 3 unspecified atom stereocenters. The van der Waals surface area contributed by atoms with Gasteiger partial charge in [-0.3, -0.25) is 0 Å². The van der Waals surface area contributed by atoms with Crippen LogP contribution in [-0.2, 0) is 4.43 Å². The van der Waals surface area contributed by atoms with Crippen molar-refractivity contribution in [3.8, 4) is 0 Å². The van der Waals surface area contributed by atoms with Crippen LogP contribution in [0.5, 0.6) is 0 Å². The Balaban J connectivity index is 1.42. The average Bonchev–Trinajstić information content (AvgIpc) is 3.10. The third-order valence-corrected chi connectivity index (χ3v) is 13.4. The lowest BCUT2D eigenvalue weighted by Gasteiger charge is -2.61. The highest BCUT2D eigenvalue weighted by molar-refractivity contribution is 6.69. The van der Waals surface area contributed by atoms with E-state index in [0.717, 1.165) is 47.3 Å². The van der Waals surface area contributed by atoms with Crippen LogP contribution in [0.15, 0.2) is 0 Å². The number of rotatable bonds is 8. The van der Waals surface area contributed by atoms with Crippen LogP contribution in [0.2, 0.25) is 19.6 Å². The second-order valence-corrected chi connectivity index (χ2v) is 19.9. The van der Waals surface area contributed by atoms with Crippen molar-refractivity contribution in [1.29, 1.82) is 0 Å². The largest absolute Gasteiger partial charge is 0.415 e. The summed E-state index contributed by atoms with van der Waals surface area (Å²) in [5, 5.41) is 0. The Morgan fingerprint density at radius 2 is 1.50 bits per heavy atom. The Bertz CT molecular complexity index is 681. The van der Waals surface area contributed by atoms with Gasteiger partial charge in [0, 0.05) is 6.10 Å². The molecule has 0 N–H and O–H groups in total. The number of fused-ring (bicyclic) bond motifs is 5. The van der Waals surface area contributed by atoms with Crippen molar-refractivity contribution in [3.63, 3.8) is 0 Å². The first-order valence-electron chi connectivity index (χ1n) is 15.6. The Kier molecular flexibility index (Phi) is 8.12. The standard InChI is InChI=1S/C32H60OSi/c1-10-24(22(2)3)12-11-23(4)28-15-16-29-27-14-13-25-21-26(33-34(7,8)9)17-19-31(25,5)30(27)18-20-32(28,29)6/h22-30H,10-21H2,1-9H3/t23-,24-,25-,26-,27?,28-,29?,30?,31+,32-/m1/s1. The molecular formula is C32H60OSi. The van der Waals surface area contributed by atoms with Gasteiger partial charge in [0.05, 0.1) is 0 Å². The minimum absolute atomic E-state index is 0.560. The summed E-state index contributed by atoms with van der Waals surface area (Å²) in [7, 11) is -1.43. The predicted octanol–water partition coefficient (Wildman–Crippen LogP) is 9.96. The molecule has 0 aliphatic heterocycles. The first-order valence-corrected chi connectivity index (χ1v) is 19.0. The summed E-state index contributed by atoms with van der Waals surface area (Å²) in [4.78, 5) is 0. The molecule has 0 aromatic heterocycles. The van der Waals surface area contributed by atoms with Crippen LogP contribution < -0.4 is 0 Å². The van der Waals surface area contributed by atoms with Gasteiger partial charge in [0.15, 0.2) is 8.32 Å². The Morgan fingerprint density at radius 1 is 0.824 bits per heavy atom. The van der Waals surface area contributed by atoms with E-state index in [0.29, 0.717) is 16.9 Å². The molecule has 4 aliphatic rings. The van der Waals surface area contributed by atoms with Crippen molar-refractivity contribution in [2.24, 2.45) is 58.2 Å². The molecule has 0 bridgehead atoms. The summed E-state index contributed by atoms with van der Waals surface area (Å²) in [6, 6.07) is 0. The topological polar surface area (TPSA) is 9.23 Å². The van der Waals surface area contributed by atoms with E-state index in [1.54, 1.807) is 0 Å². The minimum atomic E-state index is -1.43. The highest BCUT2D eigenvalue weighted by Crippen LogP contribution is 2.68. The Labute approximate surface area is 215 Å². The van der Waals surface area contributed by atoms with Crippen LogP contribution in [-0.4, -0.2) is 14.4 Å². The third kappa shape index (κ3) is 5.12. The molecule has 0 radical (unpaired) electrons. The first kappa shape index (κ1) is 27.2. The summed E-state index contributed by atoms with van der Waals surface area (Å²) in [5.41, 5.74) is 1.22. The molecule has 10 atom stereocenters. The van der Waals surface area contributed by atoms with Gasteiger partial charge < -0.3 is 4.43 Å². The maximum absolute atomic E-state index is 6.64. The van der Waals surface area contributed by atoms with Crippen LogP contribution in [0.4, 0.5) is 0 Å². The van der Waals surface area contributed by atoms with Gasteiger partial charge in [-0.1, -0.05) is 54.4 Å². The van der Waals surface area contributed by atoms with Crippen molar-refractivity contribution in [1.82, 2.24) is 0 Å². The summed E-state index contributed by atoms with van der Waals surface area (Å²) < 4.78 is 6.64. The van der Waals surface area contributed by atoms with Crippen LogP contribution >= 0.6 is 0 Å². The molecule has 4 saturated carbocycles. The molecule has 0 aromatic rings. The average molecular weight is 489 g/mol. The molecule has 0 amide bonds. The van der Waals surface area contributed by atoms with Crippen molar-refractivity contribution >= 4 is 8.32 Å². The number of hydrogen-bond acceptors (Lipinski definition) is 1. The molecule has 34 heavy (non-hydrogen) atoms. The fourth-order valence-electron chi connectivity index (χ4n) is 10.5. The Morgan fingerprint density at radius 3 is 2.15 bits per heavy atom. The predicted molar refractivity (Wildman–Crippen MR) is 150 cm³/mol. The molecule has 4 aliphatic carbocycles. The summed E-state index contributed by atoms with van der Waals surface area (Å²) >= 11 is 0. The van der Waals surface area contributed by atoms with E-state index in [2.05, 4.69) is 61.2 Å². The highest BCUT2D eigenvalue weighted by Gasteiger charge is 2.60. The maximum atomic E-state index is 6.64. The lowest BCUT2D eigenvalue weighted by atomic mass is 9.44. The molecule has 198 valence electrons. The van der Waals surface area contributed by atoms with Crippen LogP contribution in [0.25, 0.3) is 0 Å². The zero-order valence-electron chi connectivity index (χ0n) is 24.6.